The van der Waals surface area contributed by atoms with Crippen LogP contribution in [0, 0.1) is 0 Å². The maximum Gasteiger partial charge on any atom is 0.165 e. The largest absolute Gasteiger partial charge is 0.493 e. The van der Waals surface area contributed by atoms with Crippen LogP contribution in [0.25, 0.3) is 0 Å². The zero-order valence-electron chi connectivity index (χ0n) is 10.3. The van der Waals surface area contributed by atoms with E-state index in [4.69, 9.17) is 9.47 Å². The SMILES string of the molecule is CNC(C)(C)c1cc(Br)cc(OC)c1OC. The Morgan fingerprint density at radius 1 is 1.19 bits per heavy atom. The van der Waals surface area contributed by atoms with E-state index in [9.17, 15) is 0 Å². The summed E-state index contributed by atoms with van der Waals surface area (Å²) in [5.41, 5.74) is 0.881. The summed E-state index contributed by atoms with van der Waals surface area (Å²) in [6.07, 6.45) is 0. The fourth-order valence-corrected chi connectivity index (χ4v) is 1.97. The third-order valence-electron chi connectivity index (χ3n) is 2.74. The molecular weight excluding hydrogens is 270 g/mol. The van der Waals surface area contributed by atoms with Crippen molar-refractivity contribution in [2.45, 2.75) is 19.4 Å². The molecule has 0 aromatic heterocycles. The number of nitrogens with one attached hydrogen (secondary N) is 1. The standard InChI is InChI=1S/C12H18BrNO2/c1-12(2,14-3)9-6-8(13)7-10(15-4)11(9)16-5/h6-7,14H,1-5H3. The summed E-state index contributed by atoms with van der Waals surface area (Å²) in [5.74, 6) is 1.50. The van der Waals surface area contributed by atoms with Gasteiger partial charge in [0.25, 0.3) is 0 Å². The molecule has 0 aliphatic carbocycles. The molecule has 0 heterocycles. The number of ether oxygens (including phenoxy) is 2. The van der Waals surface area contributed by atoms with Gasteiger partial charge in [-0.15, -0.1) is 0 Å². The van der Waals surface area contributed by atoms with Gasteiger partial charge in [-0.25, -0.2) is 0 Å². The lowest BCUT2D eigenvalue weighted by Gasteiger charge is -2.27. The molecule has 0 unspecified atom stereocenters. The van der Waals surface area contributed by atoms with Gasteiger partial charge in [-0.3, -0.25) is 0 Å². The Kier molecular flexibility index (Phi) is 4.21. The van der Waals surface area contributed by atoms with Gasteiger partial charge in [0.15, 0.2) is 11.5 Å². The van der Waals surface area contributed by atoms with Crippen LogP contribution >= 0.6 is 15.9 Å². The predicted octanol–water partition coefficient (Wildman–Crippen LogP) is 2.92. The van der Waals surface area contributed by atoms with E-state index >= 15 is 0 Å². The Morgan fingerprint density at radius 3 is 2.25 bits per heavy atom. The van der Waals surface area contributed by atoms with E-state index in [1.807, 2.05) is 19.2 Å². The topological polar surface area (TPSA) is 30.5 Å². The highest BCUT2D eigenvalue weighted by Crippen LogP contribution is 2.39. The van der Waals surface area contributed by atoms with Crippen LogP contribution < -0.4 is 14.8 Å². The monoisotopic (exact) mass is 287 g/mol. The first-order valence-electron chi connectivity index (χ1n) is 5.07. The molecule has 4 heteroatoms. The third-order valence-corrected chi connectivity index (χ3v) is 3.20. The number of benzene rings is 1. The van der Waals surface area contributed by atoms with Gasteiger partial charge in [0.1, 0.15) is 0 Å². The molecule has 1 aromatic rings. The van der Waals surface area contributed by atoms with Crippen LogP contribution in [0.4, 0.5) is 0 Å². The van der Waals surface area contributed by atoms with E-state index in [1.54, 1.807) is 14.2 Å². The van der Waals surface area contributed by atoms with Gasteiger partial charge < -0.3 is 14.8 Å². The lowest BCUT2D eigenvalue weighted by atomic mass is 9.93. The second-order valence-corrected chi connectivity index (χ2v) is 4.98. The number of hydrogen-bond donors (Lipinski definition) is 1. The molecule has 0 atom stereocenters. The zero-order valence-corrected chi connectivity index (χ0v) is 11.9. The maximum atomic E-state index is 5.42. The highest BCUT2D eigenvalue weighted by atomic mass is 79.9. The summed E-state index contributed by atoms with van der Waals surface area (Å²) in [7, 11) is 5.22. The van der Waals surface area contributed by atoms with Gasteiger partial charge in [-0.2, -0.15) is 0 Å². The van der Waals surface area contributed by atoms with Crippen molar-refractivity contribution in [1.82, 2.24) is 5.32 Å². The minimum atomic E-state index is -0.178. The van der Waals surface area contributed by atoms with Crippen LogP contribution in [0.1, 0.15) is 19.4 Å². The van der Waals surface area contributed by atoms with E-state index in [1.165, 1.54) is 0 Å². The van der Waals surface area contributed by atoms with Crippen LogP contribution in [0.15, 0.2) is 16.6 Å². The molecule has 0 fully saturated rings. The normalized spacial score (nSPS) is 11.4. The molecule has 1 aromatic carbocycles. The van der Waals surface area contributed by atoms with Gasteiger partial charge in [0.05, 0.1) is 14.2 Å². The Labute approximate surface area is 105 Å². The summed E-state index contributed by atoms with van der Waals surface area (Å²) < 4.78 is 11.7. The fraction of sp³-hybridized carbons (Fsp3) is 0.500. The Morgan fingerprint density at radius 2 is 1.81 bits per heavy atom. The highest BCUT2D eigenvalue weighted by Gasteiger charge is 2.25. The first kappa shape index (κ1) is 13.3. The molecule has 0 radical (unpaired) electrons. The van der Waals surface area contributed by atoms with Crippen molar-refractivity contribution in [3.8, 4) is 11.5 Å². The van der Waals surface area contributed by atoms with Crippen LogP contribution in [-0.2, 0) is 5.54 Å². The summed E-state index contributed by atoms with van der Waals surface area (Å²) >= 11 is 3.48. The van der Waals surface area contributed by atoms with E-state index in [2.05, 4.69) is 35.1 Å². The Bertz CT molecular complexity index is 378. The van der Waals surface area contributed by atoms with E-state index in [0.29, 0.717) is 0 Å². The molecule has 0 saturated heterocycles. The van der Waals surface area contributed by atoms with Gasteiger partial charge >= 0.3 is 0 Å². The molecule has 90 valence electrons. The Hall–Kier alpha value is -0.740. The molecule has 1 N–H and O–H groups in total. The summed E-state index contributed by atoms with van der Waals surface area (Å²) in [6.45, 7) is 4.19. The molecule has 0 saturated carbocycles. The Balaban J connectivity index is 3.42. The molecule has 0 spiro atoms. The van der Waals surface area contributed by atoms with Crippen molar-refractivity contribution in [2.24, 2.45) is 0 Å². The summed E-state index contributed by atoms with van der Waals surface area (Å²) in [6, 6.07) is 3.94. The quantitative estimate of drug-likeness (QED) is 0.924. The van der Waals surface area contributed by atoms with Crippen LogP contribution in [0.2, 0.25) is 0 Å². The second-order valence-electron chi connectivity index (χ2n) is 4.06. The van der Waals surface area contributed by atoms with Crippen molar-refractivity contribution in [3.63, 3.8) is 0 Å². The molecule has 1 rings (SSSR count). The van der Waals surface area contributed by atoms with E-state index in [0.717, 1.165) is 21.5 Å². The number of halogens is 1. The zero-order chi connectivity index (χ0) is 12.3. The number of rotatable bonds is 4. The van der Waals surface area contributed by atoms with Crippen LogP contribution in [0.5, 0.6) is 11.5 Å². The molecule has 16 heavy (non-hydrogen) atoms. The van der Waals surface area contributed by atoms with Gasteiger partial charge in [-0.1, -0.05) is 15.9 Å². The highest BCUT2D eigenvalue weighted by molar-refractivity contribution is 9.10. The average molecular weight is 288 g/mol. The molecular formula is C12H18BrNO2. The fourth-order valence-electron chi connectivity index (χ4n) is 1.53. The number of hydrogen-bond acceptors (Lipinski definition) is 3. The minimum absolute atomic E-state index is 0.178. The van der Waals surface area contributed by atoms with Crippen molar-refractivity contribution >= 4 is 15.9 Å². The molecule has 0 aliphatic rings. The van der Waals surface area contributed by atoms with Gasteiger partial charge in [0, 0.05) is 15.6 Å². The molecule has 3 nitrogen and oxygen atoms in total. The van der Waals surface area contributed by atoms with Crippen molar-refractivity contribution in [3.05, 3.63) is 22.2 Å². The van der Waals surface area contributed by atoms with Crippen molar-refractivity contribution < 1.29 is 9.47 Å². The lowest BCUT2D eigenvalue weighted by molar-refractivity contribution is 0.335. The molecule has 0 aliphatic heterocycles. The third kappa shape index (κ3) is 2.50. The predicted molar refractivity (Wildman–Crippen MR) is 69.3 cm³/mol. The lowest BCUT2D eigenvalue weighted by Crippen LogP contribution is -2.33. The maximum absolute atomic E-state index is 5.42. The van der Waals surface area contributed by atoms with Crippen molar-refractivity contribution in [2.75, 3.05) is 21.3 Å². The van der Waals surface area contributed by atoms with Crippen LogP contribution in [0.3, 0.4) is 0 Å². The van der Waals surface area contributed by atoms with E-state index < -0.39 is 0 Å². The first-order valence-corrected chi connectivity index (χ1v) is 5.86. The van der Waals surface area contributed by atoms with E-state index in [-0.39, 0.29) is 5.54 Å². The first-order chi connectivity index (χ1) is 7.46. The van der Waals surface area contributed by atoms with Gasteiger partial charge in [-0.05, 0) is 33.0 Å². The van der Waals surface area contributed by atoms with Gasteiger partial charge in [0.2, 0.25) is 0 Å². The smallest absolute Gasteiger partial charge is 0.165 e. The molecule has 0 amide bonds. The summed E-state index contributed by atoms with van der Waals surface area (Å²) in [5, 5.41) is 3.25. The van der Waals surface area contributed by atoms with Crippen molar-refractivity contribution in [1.29, 1.82) is 0 Å². The number of methoxy groups -OCH3 is 2. The molecule has 0 bridgehead atoms. The minimum Gasteiger partial charge on any atom is -0.493 e. The second kappa shape index (κ2) is 5.06. The summed E-state index contributed by atoms with van der Waals surface area (Å²) in [4.78, 5) is 0. The van der Waals surface area contributed by atoms with Crippen LogP contribution in [-0.4, -0.2) is 21.3 Å². The average Bonchev–Trinajstić information content (AvgIpc) is 2.27.